The zero-order chi connectivity index (χ0) is 18.4. The van der Waals surface area contributed by atoms with E-state index >= 15 is 0 Å². The van der Waals surface area contributed by atoms with Crippen molar-refractivity contribution >= 4 is 24.2 Å². The standard InChI is InChI=1S/C18H21ClFN3O2/c1-11(19)16(17(21-2)22-9-12-4-5-12)18(24)23-10-13-6-7-15(25-3)14(20)8-13/h6-8,12,22H,1-2,4-5,9-10H2,3H3,(H,23,24)/b17-16-. The van der Waals surface area contributed by atoms with Gasteiger partial charge in [0.15, 0.2) is 11.6 Å². The van der Waals surface area contributed by atoms with Crippen molar-refractivity contribution in [3.63, 3.8) is 0 Å². The van der Waals surface area contributed by atoms with Gasteiger partial charge in [-0.1, -0.05) is 24.2 Å². The van der Waals surface area contributed by atoms with Crippen LogP contribution >= 0.6 is 11.6 Å². The van der Waals surface area contributed by atoms with Crippen LogP contribution in [0.1, 0.15) is 18.4 Å². The number of methoxy groups -OCH3 is 1. The quantitative estimate of drug-likeness (QED) is 0.401. The summed E-state index contributed by atoms with van der Waals surface area (Å²) in [6.07, 6.45) is 2.31. The smallest absolute Gasteiger partial charge is 0.256 e. The monoisotopic (exact) mass is 365 g/mol. The summed E-state index contributed by atoms with van der Waals surface area (Å²) >= 11 is 5.97. The predicted molar refractivity (Wildman–Crippen MR) is 97.1 cm³/mol. The van der Waals surface area contributed by atoms with E-state index in [9.17, 15) is 9.18 Å². The van der Waals surface area contributed by atoms with Crippen LogP contribution < -0.4 is 15.4 Å². The topological polar surface area (TPSA) is 62.7 Å². The van der Waals surface area contributed by atoms with Crippen LogP contribution in [0.4, 0.5) is 4.39 Å². The lowest BCUT2D eigenvalue weighted by Gasteiger charge is -2.13. The maximum absolute atomic E-state index is 13.7. The molecule has 0 unspecified atom stereocenters. The van der Waals surface area contributed by atoms with Crippen LogP contribution in [-0.2, 0) is 11.3 Å². The van der Waals surface area contributed by atoms with Crippen LogP contribution in [-0.4, -0.2) is 26.3 Å². The van der Waals surface area contributed by atoms with Gasteiger partial charge in [-0.15, -0.1) is 0 Å². The molecular formula is C18H21ClFN3O2. The Balaban J connectivity index is 2.07. The van der Waals surface area contributed by atoms with E-state index in [1.165, 1.54) is 19.2 Å². The summed E-state index contributed by atoms with van der Waals surface area (Å²) in [5, 5.41) is 5.83. The maximum atomic E-state index is 13.7. The van der Waals surface area contributed by atoms with E-state index in [1.807, 2.05) is 0 Å². The molecule has 1 saturated carbocycles. The SMILES string of the molecule is C=N/C(NCC1CC1)=C(\C(=C)Cl)C(=O)NCc1ccc(OC)c(F)c1. The molecule has 1 aromatic carbocycles. The second kappa shape index (κ2) is 8.67. The van der Waals surface area contributed by atoms with Crippen LogP contribution in [0.15, 0.2) is 46.2 Å². The largest absolute Gasteiger partial charge is 0.494 e. The molecule has 0 aromatic heterocycles. The van der Waals surface area contributed by atoms with Gasteiger partial charge in [0, 0.05) is 18.1 Å². The molecule has 0 heterocycles. The fourth-order valence-electron chi connectivity index (χ4n) is 2.24. The summed E-state index contributed by atoms with van der Waals surface area (Å²) in [6, 6.07) is 4.47. The van der Waals surface area contributed by atoms with Crippen LogP contribution in [0.2, 0.25) is 0 Å². The van der Waals surface area contributed by atoms with Crippen molar-refractivity contribution in [2.24, 2.45) is 10.9 Å². The molecule has 0 aliphatic heterocycles. The number of benzene rings is 1. The van der Waals surface area contributed by atoms with E-state index in [4.69, 9.17) is 16.3 Å². The number of rotatable bonds is 9. The lowest BCUT2D eigenvalue weighted by molar-refractivity contribution is -0.117. The summed E-state index contributed by atoms with van der Waals surface area (Å²) in [4.78, 5) is 16.3. The van der Waals surface area contributed by atoms with Gasteiger partial charge in [-0.2, -0.15) is 0 Å². The Morgan fingerprint density at radius 1 is 1.44 bits per heavy atom. The highest BCUT2D eigenvalue weighted by Gasteiger charge is 2.23. The third kappa shape index (κ3) is 5.32. The Morgan fingerprint density at radius 2 is 2.16 bits per heavy atom. The first-order chi connectivity index (χ1) is 12.0. The van der Waals surface area contributed by atoms with Gasteiger partial charge < -0.3 is 15.4 Å². The molecule has 5 nitrogen and oxygen atoms in total. The molecule has 134 valence electrons. The Kier molecular flexibility index (Phi) is 6.58. The van der Waals surface area contributed by atoms with Crippen molar-refractivity contribution in [1.82, 2.24) is 10.6 Å². The van der Waals surface area contributed by atoms with Crippen molar-refractivity contribution in [3.8, 4) is 5.75 Å². The average molecular weight is 366 g/mol. The summed E-state index contributed by atoms with van der Waals surface area (Å²) < 4.78 is 18.6. The zero-order valence-electron chi connectivity index (χ0n) is 14.1. The Morgan fingerprint density at radius 3 is 2.68 bits per heavy atom. The average Bonchev–Trinajstić information content (AvgIpc) is 3.40. The molecule has 1 aliphatic rings. The molecule has 2 N–H and O–H groups in total. The lowest BCUT2D eigenvalue weighted by atomic mass is 10.2. The number of hydrogen-bond acceptors (Lipinski definition) is 4. The van der Waals surface area contributed by atoms with E-state index in [-0.39, 0.29) is 22.9 Å². The number of amides is 1. The highest BCUT2D eigenvalue weighted by molar-refractivity contribution is 6.35. The number of ether oxygens (including phenoxy) is 1. The van der Waals surface area contributed by atoms with Crippen molar-refractivity contribution in [3.05, 3.63) is 52.6 Å². The first-order valence-corrected chi connectivity index (χ1v) is 8.24. The Labute approximate surface area is 151 Å². The zero-order valence-corrected chi connectivity index (χ0v) is 14.8. The van der Waals surface area contributed by atoms with Crippen molar-refractivity contribution in [1.29, 1.82) is 0 Å². The van der Waals surface area contributed by atoms with Crippen molar-refractivity contribution in [2.75, 3.05) is 13.7 Å². The third-order valence-electron chi connectivity index (χ3n) is 3.82. The van der Waals surface area contributed by atoms with Gasteiger partial charge >= 0.3 is 0 Å². The van der Waals surface area contributed by atoms with Crippen molar-refractivity contribution < 1.29 is 13.9 Å². The van der Waals surface area contributed by atoms with E-state index in [1.54, 1.807) is 6.07 Å². The van der Waals surface area contributed by atoms with Gasteiger partial charge in [0.2, 0.25) is 0 Å². The van der Waals surface area contributed by atoms with E-state index in [0.29, 0.717) is 23.8 Å². The molecule has 1 fully saturated rings. The summed E-state index contributed by atoms with van der Waals surface area (Å²) in [6.45, 7) is 7.94. The normalized spacial score (nSPS) is 14.4. The van der Waals surface area contributed by atoms with Gasteiger partial charge in [0.1, 0.15) is 5.82 Å². The molecule has 7 heteroatoms. The molecule has 2 rings (SSSR count). The molecule has 1 amide bonds. The van der Waals surface area contributed by atoms with E-state index < -0.39 is 11.7 Å². The highest BCUT2D eigenvalue weighted by atomic mass is 35.5. The van der Waals surface area contributed by atoms with Gasteiger partial charge in [-0.05, 0) is 43.2 Å². The summed E-state index contributed by atoms with van der Waals surface area (Å²) in [5.74, 6) is 0.0812. The maximum Gasteiger partial charge on any atom is 0.256 e. The van der Waals surface area contributed by atoms with Crippen LogP contribution in [0.25, 0.3) is 0 Å². The van der Waals surface area contributed by atoms with Crippen molar-refractivity contribution in [2.45, 2.75) is 19.4 Å². The number of carbonyl (C=O) groups excluding carboxylic acids is 1. The minimum Gasteiger partial charge on any atom is -0.494 e. The molecule has 0 radical (unpaired) electrons. The number of hydrogen-bond donors (Lipinski definition) is 2. The highest BCUT2D eigenvalue weighted by Crippen LogP contribution is 2.28. The Bertz CT molecular complexity index is 714. The summed E-state index contributed by atoms with van der Waals surface area (Å²) in [5.41, 5.74) is 0.719. The molecule has 1 aliphatic carbocycles. The van der Waals surface area contributed by atoms with E-state index in [0.717, 1.165) is 12.8 Å². The number of nitrogens with zero attached hydrogens (tertiary/aromatic N) is 1. The fraction of sp³-hybridized carbons (Fsp3) is 0.333. The minimum atomic E-state index is -0.494. The first-order valence-electron chi connectivity index (χ1n) is 7.86. The molecule has 0 atom stereocenters. The number of nitrogens with one attached hydrogen (secondary N) is 2. The van der Waals surface area contributed by atoms with Crippen LogP contribution in [0, 0.1) is 11.7 Å². The number of carbonyl (C=O) groups is 1. The third-order valence-corrected chi connectivity index (χ3v) is 4.01. The fourth-order valence-corrected chi connectivity index (χ4v) is 2.41. The molecular weight excluding hydrogens is 345 g/mol. The first kappa shape index (κ1) is 19.0. The minimum absolute atomic E-state index is 0.0594. The van der Waals surface area contributed by atoms with Gasteiger partial charge in [0.05, 0.1) is 12.7 Å². The Hall–Kier alpha value is -2.34. The van der Waals surface area contributed by atoms with Gasteiger partial charge in [-0.3, -0.25) is 4.79 Å². The number of aliphatic imine (C=N–C) groups is 1. The van der Waals surface area contributed by atoms with Crippen LogP contribution in [0.5, 0.6) is 5.75 Å². The lowest BCUT2D eigenvalue weighted by Crippen LogP contribution is -2.28. The van der Waals surface area contributed by atoms with Crippen LogP contribution in [0.3, 0.4) is 0 Å². The van der Waals surface area contributed by atoms with E-state index in [2.05, 4.69) is 28.9 Å². The second-order valence-corrected chi connectivity index (χ2v) is 6.22. The predicted octanol–water partition coefficient (Wildman–Crippen LogP) is 3.11. The second-order valence-electron chi connectivity index (χ2n) is 5.76. The molecule has 1 aromatic rings. The van der Waals surface area contributed by atoms with Gasteiger partial charge in [-0.25, -0.2) is 9.38 Å². The summed E-state index contributed by atoms with van der Waals surface area (Å²) in [7, 11) is 1.39. The number of halogens is 2. The molecule has 0 spiro atoms. The molecule has 25 heavy (non-hydrogen) atoms. The molecule has 0 saturated heterocycles. The molecule has 0 bridgehead atoms. The van der Waals surface area contributed by atoms with Gasteiger partial charge in [0.25, 0.3) is 5.91 Å².